The van der Waals surface area contributed by atoms with E-state index in [-0.39, 0.29) is 5.82 Å². The van der Waals surface area contributed by atoms with E-state index in [0.29, 0.717) is 18.6 Å². The Bertz CT molecular complexity index is 1410. The lowest BCUT2D eigenvalue weighted by Gasteiger charge is -2.11. The number of H-pyrrole nitrogens is 1. The molecule has 3 heterocycles. The monoisotopic (exact) mass is 414 g/mol. The lowest BCUT2D eigenvalue weighted by atomic mass is 10.1. The summed E-state index contributed by atoms with van der Waals surface area (Å²) in [5.74, 6) is 1.43. The van der Waals surface area contributed by atoms with Crippen LogP contribution in [0.15, 0.2) is 48.8 Å². The quantitative estimate of drug-likeness (QED) is 0.417. The number of halogens is 1. The number of benzene rings is 2. The summed E-state index contributed by atoms with van der Waals surface area (Å²) >= 11 is 0. The molecule has 31 heavy (non-hydrogen) atoms. The van der Waals surface area contributed by atoms with Gasteiger partial charge in [0.1, 0.15) is 23.8 Å². The molecule has 0 aliphatic heterocycles. The topological polar surface area (TPSA) is 71.4 Å². The molecule has 0 atom stereocenters. The molecule has 2 N–H and O–H groups in total. The summed E-state index contributed by atoms with van der Waals surface area (Å²) < 4.78 is 16.5. The fraction of sp³-hybridized carbons (Fsp3) is 0.208. The molecule has 7 heteroatoms. The van der Waals surface area contributed by atoms with Crippen LogP contribution in [0.3, 0.4) is 0 Å². The smallest absolute Gasteiger partial charge is 0.147 e. The van der Waals surface area contributed by atoms with E-state index in [4.69, 9.17) is 0 Å². The highest BCUT2D eigenvalue weighted by molar-refractivity contribution is 5.85. The van der Waals surface area contributed by atoms with Crippen molar-refractivity contribution in [3.8, 4) is 11.3 Å². The van der Waals surface area contributed by atoms with Crippen molar-refractivity contribution in [3.05, 3.63) is 71.7 Å². The highest BCUT2D eigenvalue weighted by atomic mass is 19.1. The standard InChI is InChI=1S/C24H23FN6/c1-14-4-6-19(25)24-18(14)10-15(2)31(24)9-8-26-23-12-21(27-13-28-23)17-5-7-20-22(11-17)30-16(3)29-20/h4-7,10-13H,8-9H2,1-3H3,(H,29,30)(H,26,27,28). The van der Waals surface area contributed by atoms with Crippen LogP contribution in [0.25, 0.3) is 33.2 Å². The molecule has 0 amide bonds. The van der Waals surface area contributed by atoms with E-state index in [0.717, 1.165) is 50.6 Å². The van der Waals surface area contributed by atoms with Crippen LogP contribution >= 0.6 is 0 Å². The summed E-state index contributed by atoms with van der Waals surface area (Å²) in [4.78, 5) is 16.5. The van der Waals surface area contributed by atoms with Gasteiger partial charge in [0.25, 0.3) is 0 Å². The van der Waals surface area contributed by atoms with Crippen LogP contribution in [0.4, 0.5) is 10.2 Å². The second kappa shape index (κ2) is 7.50. The zero-order chi connectivity index (χ0) is 21.5. The number of nitrogens with zero attached hydrogens (tertiary/aromatic N) is 4. The first kappa shape index (κ1) is 19.2. The third-order valence-corrected chi connectivity index (χ3v) is 5.64. The first-order chi connectivity index (χ1) is 15.0. The molecule has 3 aromatic heterocycles. The van der Waals surface area contributed by atoms with E-state index in [1.54, 1.807) is 6.33 Å². The van der Waals surface area contributed by atoms with Crippen molar-refractivity contribution < 1.29 is 4.39 Å². The maximum absolute atomic E-state index is 14.5. The Labute approximate surface area is 179 Å². The number of aromatic amines is 1. The van der Waals surface area contributed by atoms with Gasteiger partial charge in [-0.1, -0.05) is 12.1 Å². The fourth-order valence-corrected chi connectivity index (χ4v) is 4.09. The SMILES string of the molecule is Cc1nc2ccc(-c3cc(NCCn4c(C)cc5c(C)ccc(F)c54)ncn3)cc2[nH]1. The average Bonchev–Trinajstić information content (AvgIpc) is 3.30. The lowest BCUT2D eigenvalue weighted by Crippen LogP contribution is -2.13. The van der Waals surface area contributed by atoms with Crippen molar-refractivity contribution in [3.63, 3.8) is 0 Å². The van der Waals surface area contributed by atoms with E-state index in [9.17, 15) is 4.39 Å². The van der Waals surface area contributed by atoms with Gasteiger partial charge >= 0.3 is 0 Å². The number of imidazole rings is 1. The molecular weight excluding hydrogens is 391 g/mol. The van der Waals surface area contributed by atoms with E-state index in [2.05, 4.69) is 25.3 Å². The second-order valence-corrected chi connectivity index (χ2v) is 7.83. The summed E-state index contributed by atoms with van der Waals surface area (Å²) in [5.41, 5.74) is 6.52. The summed E-state index contributed by atoms with van der Waals surface area (Å²) in [7, 11) is 0. The third kappa shape index (κ3) is 3.52. The predicted octanol–water partition coefficient (Wildman–Crippen LogP) is 5.15. The number of aryl methyl sites for hydroxylation is 3. The van der Waals surface area contributed by atoms with Crippen LogP contribution in [0, 0.1) is 26.6 Å². The van der Waals surface area contributed by atoms with Gasteiger partial charge in [0.05, 0.1) is 22.2 Å². The lowest BCUT2D eigenvalue weighted by molar-refractivity contribution is 0.621. The minimum Gasteiger partial charge on any atom is -0.368 e. The molecule has 0 saturated heterocycles. The molecule has 156 valence electrons. The van der Waals surface area contributed by atoms with Gasteiger partial charge in [-0.05, 0) is 50.6 Å². The van der Waals surface area contributed by atoms with Crippen LogP contribution in [0.2, 0.25) is 0 Å². The Morgan fingerprint density at radius 2 is 1.90 bits per heavy atom. The molecule has 0 aliphatic rings. The molecule has 5 rings (SSSR count). The molecule has 6 nitrogen and oxygen atoms in total. The molecule has 2 aromatic carbocycles. The summed E-state index contributed by atoms with van der Waals surface area (Å²) in [6, 6.07) is 13.4. The van der Waals surface area contributed by atoms with Crippen molar-refractivity contribution in [2.45, 2.75) is 27.3 Å². The maximum atomic E-state index is 14.5. The van der Waals surface area contributed by atoms with Gasteiger partial charge in [-0.25, -0.2) is 19.3 Å². The average molecular weight is 414 g/mol. The van der Waals surface area contributed by atoms with Gasteiger partial charge in [-0.2, -0.15) is 0 Å². The first-order valence-electron chi connectivity index (χ1n) is 10.3. The molecule has 0 fully saturated rings. The highest BCUT2D eigenvalue weighted by Crippen LogP contribution is 2.26. The molecule has 0 bridgehead atoms. The fourth-order valence-electron chi connectivity index (χ4n) is 4.09. The minimum absolute atomic E-state index is 0.192. The third-order valence-electron chi connectivity index (χ3n) is 5.64. The number of hydrogen-bond acceptors (Lipinski definition) is 4. The Hall–Kier alpha value is -3.74. The Kier molecular flexibility index (Phi) is 4.66. The number of fused-ring (bicyclic) bond motifs is 2. The zero-order valence-electron chi connectivity index (χ0n) is 17.7. The van der Waals surface area contributed by atoms with Crippen LogP contribution in [0.5, 0.6) is 0 Å². The van der Waals surface area contributed by atoms with Gasteiger partial charge < -0.3 is 14.9 Å². The molecule has 5 aromatic rings. The number of anilines is 1. The van der Waals surface area contributed by atoms with E-state index >= 15 is 0 Å². The summed E-state index contributed by atoms with van der Waals surface area (Å²) in [6.45, 7) is 7.21. The largest absolute Gasteiger partial charge is 0.368 e. The second-order valence-electron chi connectivity index (χ2n) is 7.83. The van der Waals surface area contributed by atoms with Crippen molar-refractivity contribution in [2.24, 2.45) is 0 Å². The van der Waals surface area contributed by atoms with Crippen molar-refractivity contribution in [1.82, 2.24) is 24.5 Å². The van der Waals surface area contributed by atoms with Crippen molar-refractivity contribution in [1.29, 1.82) is 0 Å². The van der Waals surface area contributed by atoms with E-state index in [1.165, 1.54) is 6.07 Å². The number of hydrogen-bond donors (Lipinski definition) is 2. The van der Waals surface area contributed by atoms with Gasteiger partial charge in [0, 0.05) is 35.8 Å². The molecule has 0 unspecified atom stereocenters. The number of nitrogens with one attached hydrogen (secondary N) is 2. The summed E-state index contributed by atoms with van der Waals surface area (Å²) in [5, 5.41) is 4.31. The summed E-state index contributed by atoms with van der Waals surface area (Å²) in [6.07, 6.45) is 1.55. The highest BCUT2D eigenvalue weighted by Gasteiger charge is 2.12. The predicted molar refractivity (Wildman–Crippen MR) is 122 cm³/mol. The molecule has 0 spiro atoms. The molecular formula is C24H23FN6. The zero-order valence-corrected chi connectivity index (χ0v) is 17.7. The van der Waals surface area contributed by atoms with Crippen LogP contribution in [-0.4, -0.2) is 31.0 Å². The number of aromatic nitrogens is 5. The number of rotatable bonds is 5. The van der Waals surface area contributed by atoms with Crippen LogP contribution in [0.1, 0.15) is 17.1 Å². The first-order valence-corrected chi connectivity index (χ1v) is 10.3. The van der Waals surface area contributed by atoms with E-state index in [1.807, 2.05) is 61.7 Å². The van der Waals surface area contributed by atoms with Crippen molar-refractivity contribution in [2.75, 3.05) is 11.9 Å². The van der Waals surface area contributed by atoms with Gasteiger partial charge in [0.2, 0.25) is 0 Å². The normalized spacial score (nSPS) is 11.5. The molecule has 0 saturated carbocycles. The molecule has 0 radical (unpaired) electrons. The Balaban J connectivity index is 1.35. The van der Waals surface area contributed by atoms with Gasteiger partial charge in [0.15, 0.2) is 0 Å². The Morgan fingerprint density at radius 1 is 1.03 bits per heavy atom. The van der Waals surface area contributed by atoms with Crippen LogP contribution < -0.4 is 5.32 Å². The van der Waals surface area contributed by atoms with Gasteiger partial charge in [-0.3, -0.25) is 0 Å². The maximum Gasteiger partial charge on any atom is 0.147 e. The van der Waals surface area contributed by atoms with Crippen LogP contribution in [-0.2, 0) is 6.54 Å². The molecule has 0 aliphatic carbocycles. The Morgan fingerprint density at radius 3 is 2.77 bits per heavy atom. The van der Waals surface area contributed by atoms with E-state index < -0.39 is 0 Å². The van der Waals surface area contributed by atoms with Crippen molar-refractivity contribution >= 4 is 27.8 Å². The van der Waals surface area contributed by atoms with Gasteiger partial charge in [-0.15, -0.1) is 0 Å². The minimum atomic E-state index is -0.192.